The van der Waals surface area contributed by atoms with Crippen molar-refractivity contribution in [2.45, 2.75) is 38.6 Å². The van der Waals surface area contributed by atoms with Crippen molar-refractivity contribution in [3.05, 3.63) is 52.2 Å². The zero-order valence-electron chi connectivity index (χ0n) is 15.0. The number of hydrogen-bond acceptors (Lipinski definition) is 2. The van der Waals surface area contributed by atoms with Crippen LogP contribution in [0.1, 0.15) is 49.1 Å². The van der Waals surface area contributed by atoms with Crippen molar-refractivity contribution in [2.24, 2.45) is 0 Å². The van der Waals surface area contributed by atoms with Gasteiger partial charge in [-0.3, -0.25) is 0 Å². The Labute approximate surface area is 160 Å². The fraction of sp³-hybridized carbons (Fsp3) is 0.450. The number of likely N-dealkylation sites (tertiary alicyclic amines) is 1. The van der Waals surface area contributed by atoms with Crippen LogP contribution in [0.3, 0.4) is 0 Å². The van der Waals surface area contributed by atoms with Crippen LogP contribution in [0.15, 0.2) is 41.8 Å². The molecule has 0 spiro atoms. The van der Waals surface area contributed by atoms with Gasteiger partial charge in [0, 0.05) is 18.5 Å². The first kappa shape index (κ1) is 18.4. The molecule has 0 radical (unpaired) electrons. The topological polar surface area (TPSA) is 28.5 Å². The Morgan fingerprint density at radius 3 is 2.48 bits per heavy atom. The van der Waals surface area contributed by atoms with E-state index in [0.29, 0.717) is 17.1 Å². The molecular formula is C20H28N3S2+. The molecule has 0 amide bonds. The summed E-state index contributed by atoms with van der Waals surface area (Å²) in [5.74, 6) is 0.550. The molecule has 1 fully saturated rings. The number of thiophene rings is 1. The van der Waals surface area contributed by atoms with Gasteiger partial charge in [-0.15, -0.1) is 11.3 Å². The van der Waals surface area contributed by atoms with Crippen LogP contribution in [0.2, 0.25) is 0 Å². The van der Waals surface area contributed by atoms with E-state index in [-0.39, 0.29) is 0 Å². The molecule has 1 aromatic carbocycles. The number of quaternary nitrogens is 1. The molecule has 3 rings (SSSR count). The molecule has 1 aromatic heterocycles. The number of thiocarbonyl (C=S) groups is 1. The van der Waals surface area contributed by atoms with Gasteiger partial charge in [-0.1, -0.05) is 32.0 Å². The molecule has 3 N–H and O–H groups in total. The van der Waals surface area contributed by atoms with E-state index in [1.54, 1.807) is 4.90 Å². The summed E-state index contributed by atoms with van der Waals surface area (Å²) in [4.78, 5) is 3.13. The number of anilines is 1. The van der Waals surface area contributed by atoms with Gasteiger partial charge in [0.05, 0.1) is 24.5 Å². The molecule has 25 heavy (non-hydrogen) atoms. The maximum Gasteiger partial charge on any atom is 0.171 e. The van der Waals surface area contributed by atoms with E-state index >= 15 is 0 Å². The molecule has 0 aliphatic carbocycles. The summed E-state index contributed by atoms with van der Waals surface area (Å²) in [7, 11) is 0. The Hall–Kier alpha value is -1.43. The highest BCUT2D eigenvalue weighted by Gasteiger charge is 2.28. The molecule has 1 aliphatic heterocycles. The molecule has 2 aromatic rings. The largest absolute Gasteiger partial charge is 0.356 e. The monoisotopic (exact) mass is 374 g/mol. The Morgan fingerprint density at radius 2 is 1.88 bits per heavy atom. The number of benzene rings is 1. The molecule has 0 saturated carbocycles. The van der Waals surface area contributed by atoms with E-state index in [1.807, 2.05) is 11.3 Å². The minimum atomic E-state index is 0.491. The summed E-state index contributed by atoms with van der Waals surface area (Å²) in [5, 5.41) is 9.63. The van der Waals surface area contributed by atoms with Gasteiger partial charge in [-0.2, -0.15) is 0 Å². The van der Waals surface area contributed by atoms with Gasteiger partial charge in [0.25, 0.3) is 0 Å². The summed E-state index contributed by atoms with van der Waals surface area (Å²) >= 11 is 7.37. The molecule has 0 bridgehead atoms. The quantitative estimate of drug-likeness (QED) is 0.675. The van der Waals surface area contributed by atoms with Crippen LogP contribution in [0.25, 0.3) is 0 Å². The Balaban J connectivity index is 1.56. The molecule has 1 saturated heterocycles. The minimum Gasteiger partial charge on any atom is -0.356 e. The molecule has 134 valence electrons. The van der Waals surface area contributed by atoms with E-state index in [9.17, 15) is 0 Å². The van der Waals surface area contributed by atoms with E-state index in [0.717, 1.165) is 12.2 Å². The van der Waals surface area contributed by atoms with Crippen molar-refractivity contribution in [2.75, 3.05) is 25.0 Å². The van der Waals surface area contributed by atoms with Gasteiger partial charge in [-0.25, -0.2) is 0 Å². The predicted molar refractivity (Wildman–Crippen MR) is 112 cm³/mol. The average Bonchev–Trinajstić information content (AvgIpc) is 3.29. The van der Waals surface area contributed by atoms with Crippen molar-refractivity contribution in [3.8, 4) is 0 Å². The predicted octanol–water partition coefficient (Wildman–Crippen LogP) is 3.58. The Kier molecular flexibility index (Phi) is 6.45. The third kappa shape index (κ3) is 5.03. The van der Waals surface area contributed by atoms with Crippen molar-refractivity contribution in [1.82, 2.24) is 5.32 Å². The van der Waals surface area contributed by atoms with Gasteiger partial charge in [-0.05, 0) is 47.3 Å². The van der Waals surface area contributed by atoms with Crippen LogP contribution in [0.4, 0.5) is 5.69 Å². The molecule has 1 aliphatic rings. The van der Waals surface area contributed by atoms with Crippen LogP contribution >= 0.6 is 23.6 Å². The lowest BCUT2D eigenvalue weighted by atomic mass is 10.0. The summed E-state index contributed by atoms with van der Waals surface area (Å²) in [6.07, 6.45) is 2.67. The fourth-order valence-electron chi connectivity index (χ4n) is 3.43. The standard InChI is InChI=1S/C20H27N3S2/c1-15(2)16-7-9-17(10-8-16)22-20(24)21-14-18(19-6-5-13-25-19)23-11-3-4-12-23/h5-10,13,15,18H,3-4,11-12,14H2,1-2H3,(H2,21,22,24)/p+1/t18-/m1/s1. The van der Waals surface area contributed by atoms with Crippen molar-refractivity contribution >= 4 is 34.4 Å². The summed E-state index contributed by atoms with van der Waals surface area (Å²) in [6, 6.07) is 13.4. The number of nitrogens with one attached hydrogen (secondary N) is 3. The van der Waals surface area contributed by atoms with E-state index in [1.165, 1.54) is 36.4 Å². The molecule has 3 nitrogen and oxygen atoms in total. The summed E-state index contributed by atoms with van der Waals surface area (Å²) < 4.78 is 0. The SMILES string of the molecule is CC(C)c1ccc(NC(=S)NC[C@H](c2cccs2)[NH+]2CCCC2)cc1. The first-order chi connectivity index (χ1) is 12.1. The van der Waals surface area contributed by atoms with E-state index in [2.05, 4.69) is 66.3 Å². The van der Waals surface area contributed by atoms with Gasteiger partial charge < -0.3 is 15.5 Å². The zero-order chi connectivity index (χ0) is 17.6. The van der Waals surface area contributed by atoms with Gasteiger partial charge in [0.1, 0.15) is 6.04 Å². The lowest BCUT2D eigenvalue weighted by molar-refractivity contribution is -0.918. The van der Waals surface area contributed by atoms with Gasteiger partial charge in [0.15, 0.2) is 5.11 Å². The molecular weight excluding hydrogens is 346 g/mol. The zero-order valence-corrected chi connectivity index (χ0v) is 16.7. The second-order valence-corrected chi connectivity index (χ2v) is 8.43. The first-order valence-corrected chi connectivity index (χ1v) is 10.4. The highest BCUT2D eigenvalue weighted by atomic mass is 32.1. The smallest absolute Gasteiger partial charge is 0.171 e. The fourth-order valence-corrected chi connectivity index (χ4v) is 4.52. The van der Waals surface area contributed by atoms with Crippen LogP contribution < -0.4 is 15.5 Å². The Bertz CT molecular complexity index is 659. The van der Waals surface area contributed by atoms with E-state index in [4.69, 9.17) is 12.2 Å². The van der Waals surface area contributed by atoms with Crippen LogP contribution in [-0.4, -0.2) is 24.7 Å². The summed E-state index contributed by atoms with van der Waals surface area (Å²) in [6.45, 7) is 7.83. The second kappa shape index (κ2) is 8.79. The highest BCUT2D eigenvalue weighted by Crippen LogP contribution is 2.18. The summed E-state index contributed by atoms with van der Waals surface area (Å²) in [5.41, 5.74) is 2.39. The second-order valence-electron chi connectivity index (χ2n) is 7.05. The third-order valence-corrected chi connectivity index (χ3v) is 6.16. The maximum absolute atomic E-state index is 5.51. The number of hydrogen-bond donors (Lipinski definition) is 3. The molecule has 5 heteroatoms. The van der Waals surface area contributed by atoms with Gasteiger partial charge >= 0.3 is 0 Å². The molecule has 2 heterocycles. The lowest BCUT2D eigenvalue weighted by Crippen LogP contribution is -3.11. The molecule has 0 unspecified atom stereocenters. The van der Waals surface area contributed by atoms with Crippen molar-refractivity contribution in [3.63, 3.8) is 0 Å². The van der Waals surface area contributed by atoms with Crippen LogP contribution in [-0.2, 0) is 0 Å². The van der Waals surface area contributed by atoms with Gasteiger partial charge in [0.2, 0.25) is 0 Å². The highest BCUT2D eigenvalue weighted by molar-refractivity contribution is 7.80. The van der Waals surface area contributed by atoms with E-state index < -0.39 is 0 Å². The van der Waals surface area contributed by atoms with Crippen molar-refractivity contribution < 1.29 is 4.90 Å². The Morgan fingerprint density at radius 1 is 1.16 bits per heavy atom. The minimum absolute atomic E-state index is 0.491. The van der Waals surface area contributed by atoms with Crippen LogP contribution in [0.5, 0.6) is 0 Å². The third-order valence-electron chi connectivity index (χ3n) is 4.93. The lowest BCUT2D eigenvalue weighted by Gasteiger charge is -2.24. The molecule has 1 atom stereocenters. The first-order valence-electron chi connectivity index (χ1n) is 9.16. The normalized spacial score (nSPS) is 16.1. The van der Waals surface area contributed by atoms with Crippen molar-refractivity contribution in [1.29, 1.82) is 0 Å². The average molecular weight is 375 g/mol. The number of rotatable bonds is 6. The maximum atomic E-state index is 5.51. The van der Waals surface area contributed by atoms with Crippen LogP contribution in [0, 0.1) is 0 Å².